The number of rotatable bonds is 14. The molecule has 0 saturated carbocycles. The van der Waals surface area contributed by atoms with Gasteiger partial charge >= 0.3 is 12.1 Å². The second kappa shape index (κ2) is 17.3. The zero-order valence-corrected chi connectivity index (χ0v) is 30.4. The molecule has 47 heavy (non-hydrogen) atoms. The van der Waals surface area contributed by atoms with Crippen LogP contribution in [0.1, 0.15) is 110 Å². The summed E-state index contributed by atoms with van der Waals surface area (Å²) in [6, 6.07) is 12.2. The normalized spacial score (nSPS) is 14.3. The summed E-state index contributed by atoms with van der Waals surface area (Å²) in [7, 11) is 0. The highest BCUT2D eigenvalue weighted by molar-refractivity contribution is 5.94. The first-order chi connectivity index (χ1) is 21.8. The van der Waals surface area contributed by atoms with Crippen LogP contribution in [-0.4, -0.2) is 58.6 Å². The van der Waals surface area contributed by atoms with Crippen LogP contribution in [0.15, 0.2) is 48.5 Å². The Labute approximate surface area is 282 Å². The fraction of sp³-hybridized carbons (Fsp3) is 0.579. The Morgan fingerprint density at radius 3 is 1.91 bits per heavy atom. The zero-order chi connectivity index (χ0) is 35.5. The predicted molar refractivity (Wildman–Crippen MR) is 186 cm³/mol. The summed E-state index contributed by atoms with van der Waals surface area (Å²) in [5, 5.41) is 5.78. The van der Waals surface area contributed by atoms with Gasteiger partial charge in [0.25, 0.3) is 0 Å². The minimum absolute atomic E-state index is 0.208. The molecule has 0 saturated heterocycles. The lowest BCUT2D eigenvalue weighted by Crippen LogP contribution is -2.56. The summed E-state index contributed by atoms with van der Waals surface area (Å²) in [6.07, 6.45) is 1.50. The number of amides is 3. The van der Waals surface area contributed by atoms with E-state index in [1.807, 2.05) is 83.1 Å². The first kappa shape index (κ1) is 39.3. The molecule has 0 heterocycles. The predicted octanol–water partition coefficient (Wildman–Crippen LogP) is 6.98. The van der Waals surface area contributed by atoms with Gasteiger partial charge in [0.1, 0.15) is 29.3 Å². The van der Waals surface area contributed by atoms with E-state index in [1.165, 1.54) is 0 Å². The van der Waals surface area contributed by atoms with E-state index in [9.17, 15) is 19.2 Å². The molecule has 9 nitrogen and oxygen atoms in total. The summed E-state index contributed by atoms with van der Waals surface area (Å²) >= 11 is 0. The third-order valence-electron chi connectivity index (χ3n) is 7.60. The number of nitrogens with one attached hydrogen (secondary N) is 2. The van der Waals surface area contributed by atoms with Gasteiger partial charge in [-0.05, 0) is 78.9 Å². The van der Waals surface area contributed by atoms with Crippen LogP contribution in [0.5, 0.6) is 0 Å². The van der Waals surface area contributed by atoms with E-state index >= 15 is 0 Å². The summed E-state index contributed by atoms with van der Waals surface area (Å²) in [5.41, 5.74) is 1.80. The summed E-state index contributed by atoms with van der Waals surface area (Å²) in [6.45, 7) is 20.6. The third kappa shape index (κ3) is 13.0. The van der Waals surface area contributed by atoms with Gasteiger partial charge in [-0.15, -0.1) is 0 Å². The van der Waals surface area contributed by atoms with Crippen molar-refractivity contribution in [2.24, 2.45) is 5.92 Å². The molecule has 2 aromatic carbocycles. The molecule has 4 atom stereocenters. The van der Waals surface area contributed by atoms with Crippen LogP contribution in [0.25, 0.3) is 0 Å². The Balaban J connectivity index is 2.67. The summed E-state index contributed by atoms with van der Waals surface area (Å²) in [4.78, 5) is 57.3. The van der Waals surface area contributed by atoms with Crippen LogP contribution in [0.3, 0.4) is 0 Å². The van der Waals surface area contributed by atoms with Gasteiger partial charge < -0.3 is 25.0 Å². The largest absolute Gasteiger partial charge is 0.458 e. The Kier molecular flexibility index (Phi) is 14.5. The van der Waals surface area contributed by atoms with Crippen molar-refractivity contribution >= 4 is 23.9 Å². The Bertz CT molecular complexity index is 1330. The van der Waals surface area contributed by atoms with Crippen LogP contribution in [-0.2, 0) is 30.3 Å². The molecular weight excluding hydrogens is 594 g/mol. The lowest BCUT2D eigenvalue weighted by atomic mass is 9.94. The molecule has 0 radical (unpaired) electrons. The number of benzene rings is 2. The van der Waals surface area contributed by atoms with Crippen molar-refractivity contribution in [2.45, 2.75) is 131 Å². The molecule has 0 fully saturated rings. The van der Waals surface area contributed by atoms with E-state index in [4.69, 9.17) is 9.47 Å². The molecule has 0 aliphatic rings. The number of ether oxygens (including phenoxy) is 2. The van der Waals surface area contributed by atoms with Crippen LogP contribution >= 0.6 is 0 Å². The van der Waals surface area contributed by atoms with E-state index in [0.29, 0.717) is 18.4 Å². The number of carbonyl (C=O) groups excluding carboxylic acids is 4. The van der Waals surface area contributed by atoms with Gasteiger partial charge in [-0.25, -0.2) is 9.59 Å². The van der Waals surface area contributed by atoms with Crippen molar-refractivity contribution in [1.82, 2.24) is 15.5 Å². The van der Waals surface area contributed by atoms with E-state index < -0.39 is 53.2 Å². The molecule has 4 unspecified atom stereocenters. The van der Waals surface area contributed by atoms with E-state index in [2.05, 4.69) is 10.6 Å². The van der Waals surface area contributed by atoms with E-state index in [1.54, 1.807) is 46.4 Å². The molecule has 260 valence electrons. The first-order valence-electron chi connectivity index (χ1n) is 16.8. The van der Waals surface area contributed by atoms with Crippen molar-refractivity contribution < 1.29 is 28.7 Å². The Morgan fingerprint density at radius 2 is 1.40 bits per heavy atom. The Hall–Kier alpha value is -3.88. The molecule has 2 aromatic rings. The lowest BCUT2D eigenvalue weighted by Gasteiger charge is -2.37. The van der Waals surface area contributed by atoms with Crippen LogP contribution in [0, 0.1) is 19.8 Å². The van der Waals surface area contributed by atoms with Crippen LogP contribution in [0.4, 0.5) is 4.79 Å². The number of hydrogen-bond acceptors (Lipinski definition) is 6. The van der Waals surface area contributed by atoms with Gasteiger partial charge in [0.2, 0.25) is 11.8 Å². The monoisotopic (exact) mass is 651 g/mol. The average molecular weight is 652 g/mol. The second-order valence-electron chi connectivity index (χ2n) is 14.5. The summed E-state index contributed by atoms with van der Waals surface area (Å²) in [5.74, 6) is -1.72. The SMILES string of the molecule is CCCCN(C(=O)C(NC(=O)OC(C)(C)C)C(C)CC)C(C(=O)NC(Cc1ccccc1)C(=O)OC(C)(C)C)c1cc(C)cc(C)c1. The number of carbonyl (C=O) groups is 4. The molecule has 2 rings (SSSR count). The standard InChI is InChI=1S/C38H57N3O6/c1-12-14-20-41(34(43)31(27(5)13-2)40-36(45)47-38(9,10)11)32(29-22-25(3)21-26(4)23-29)33(42)39-30(35(44)46-37(6,7)8)24-28-18-16-15-17-19-28/h15-19,21-23,27,30-32H,12-14,20,24H2,1-11H3,(H,39,42)(H,40,45). The smallest absolute Gasteiger partial charge is 0.408 e. The molecule has 0 spiro atoms. The highest BCUT2D eigenvalue weighted by atomic mass is 16.6. The zero-order valence-electron chi connectivity index (χ0n) is 30.4. The molecule has 9 heteroatoms. The highest BCUT2D eigenvalue weighted by Gasteiger charge is 2.39. The average Bonchev–Trinajstić information content (AvgIpc) is 2.95. The summed E-state index contributed by atoms with van der Waals surface area (Å²) < 4.78 is 11.3. The molecule has 0 aromatic heterocycles. The molecule has 0 aliphatic carbocycles. The van der Waals surface area contributed by atoms with Crippen molar-refractivity contribution in [3.8, 4) is 0 Å². The molecule has 3 amide bonds. The van der Waals surface area contributed by atoms with E-state index in [-0.39, 0.29) is 18.9 Å². The minimum Gasteiger partial charge on any atom is -0.458 e. The lowest BCUT2D eigenvalue weighted by molar-refractivity contribution is -0.159. The van der Waals surface area contributed by atoms with Gasteiger partial charge in [0.15, 0.2) is 0 Å². The number of alkyl carbamates (subject to hydrolysis) is 1. The van der Waals surface area contributed by atoms with Gasteiger partial charge in [-0.1, -0.05) is 93.3 Å². The number of esters is 1. The Morgan fingerprint density at radius 1 is 0.830 bits per heavy atom. The number of nitrogens with zero attached hydrogens (tertiary/aromatic N) is 1. The number of aryl methyl sites for hydroxylation is 2. The fourth-order valence-electron chi connectivity index (χ4n) is 5.30. The second-order valence-corrected chi connectivity index (χ2v) is 14.5. The third-order valence-corrected chi connectivity index (χ3v) is 7.60. The number of unbranched alkanes of at least 4 members (excludes halogenated alkanes) is 1. The van der Waals surface area contributed by atoms with Crippen LogP contribution < -0.4 is 10.6 Å². The molecule has 0 bridgehead atoms. The van der Waals surface area contributed by atoms with Crippen LogP contribution in [0.2, 0.25) is 0 Å². The molecule has 0 aliphatic heterocycles. The van der Waals surface area contributed by atoms with Crippen molar-refractivity contribution in [3.05, 3.63) is 70.8 Å². The molecular formula is C38H57N3O6. The van der Waals surface area contributed by atoms with Gasteiger partial charge in [-0.3, -0.25) is 9.59 Å². The first-order valence-corrected chi connectivity index (χ1v) is 16.8. The molecule has 2 N–H and O–H groups in total. The maximum atomic E-state index is 14.6. The van der Waals surface area contributed by atoms with E-state index in [0.717, 1.165) is 23.1 Å². The fourth-order valence-corrected chi connectivity index (χ4v) is 5.30. The van der Waals surface area contributed by atoms with Crippen molar-refractivity contribution in [1.29, 1.82) is 0 Å². The maximum absolute atomic E-state index is 14.6. The minimum atomic E-state index is -1.08. The van der Waals surface area contributed by atoms with Crippen molar-refractivity contribution in [2.75, 3.05) is 6.54 Å². The van der Waals surface area contributed by atoms with Crippen molar-refractivity contribution in [3.63, 3.8) is 0 Å². The topological polar surface area (TPSA) is 114 Å². The van der Waals surface area contributed by atoms with Gasteiger partial charge in [-0.2, -0.15) is 0 Å². The quantitative estimate of drug-likeness (QED) is 0.213. The van der Waals surface area contributed by atoms with Gasteiger partial charge in [0, 0.05) is 13.0 Å². The number of hydrogen-bond donors (Lipinski definition) is 2. The maximum Gasteiger partial charge on any atom is 0.408 e. The van der Waals surface area contributed by atoms with Gasteiger partial charge in [0.05, 0.1) is 0 Å². The highest BCUT2D eigenvalue weighted by Crippen LogP contribution is 2.28.